The number of halogens is 1. The van der Waals surface area contributed by atoms with Crippen LogP contribution in [0.1, 0.15) is 26.3 Å². The summed E-state index contributed by atoms with van der Waals surface area (Å²) in [6.07, 6.45) is 0. The predicted octanol–water partition coefficient (Wildman–Crippen LogP) is 2.80. The van der Waals surface area contributed by atoms with E-state index in [-0.39, 0.29) is 17.3 Å². The summed E-state index contributed by atoms with van der Waals surface area (Å²) in [5.74, 6) is -0.933. The van der Waals surface area contributed by atoms with Gasteiger partial charge in [0.25, 0.3) is 0 Å². The molecular formula is C19H22FNO5S. The van der Waals surface area contributed by atoms with Gasteiger partial charge >= 0.3 is 5.97 Å². The van der Waals surface area contributed by atoms with Crippen molar-refractivity contribution in [3.05, 3.63) is 59.9 Å². The number of carbonyl (C=O) groups excluding carboxylic acids is 1. The van der Waals surface area contributed by atoms with E-state index >= 15 is 0 Å². The molecule has 0 aliphatic carbocycles. The van der Waals surface area contributed by atoms with E-state index in [1.165, 1.54) is 36.4 Å². The van der Waals surface area contributed by atoms with Crippen LogP contribution in [0.4, 0.5) is 4.39 Å². The van der Waals surface area contributed by atoms with Crippen molar-refractivity contribution < 1.29 is 27.1 Å². The van der Waals surface area contributed by atoms with Crippen LogP contribution < -0.4 is 10.5 Å². The topological polar surface area (TPSA) is 95.7 Å². The molecule has 0 saturated carbocycles. The summed E-state index contributed by atoms with van der Waals surface area (Å²) in [6, 6.07) is 11.4. The zero-order valence-corrected chi connectivity index (χ0v) is 16.1. The highest BCUT2D eigenvalue weighted by molar-refractivity contribution is 7.92. The van der Waals surface area contributed by atoms with Gasteiger partial charge in [-0.2, -0.15) is 0 Å². The highest BCUT2D eigenvalue weighted by Crippen LogP contribution is 2.21. The van der Waals surface area contributed by atoms with Crippen LogP contribution in [-0.2, 0) is 26.0 Å². The maximum atomic E-state index is 12.9. The van der Waals surface area contributed by atoms with Gasteiger partial charge in [-0.25, -0.2) is 17.6 Å². The molecule has 0 saturated heterocycles. The Kier molecular flexibility index (Phi) is 6.22. The number of esters is 1. The predicted molar refractivity (Wildman–Crippen MR) is 98.2 cm³/mol. The van der Waals surface area contributed by atoms with Crippen LogP contribution in [0.5, 0.6) is 5.75 Å². The van der Waals surface area contributed by atoms with Gasteiger partial charge < -0.3 is 15.2 Å². The second kappa shape index (κ2) is 8.06. The Balaban J connectivity index is 2.06. The van der Waals surface area contributed by atoms with Gasteiger partial charge in [0, 0.05) is 0 Å². The van der Waals surface area contributed by atoms with E-state index < -0.39 is 26.8 Å². The zero-order valence-electron chi connectivity index (χ0n) is 15.3. The van der Waals surface area contributed by atoms with Crippen LogP contribution in [0, 0.1) is 5.82 Å². The van der Waals surface area contributed by atoms with Crippen LogP contribution in [0.15, 0.2) is 53.4 Å². The lowest BCUT2D eigenvalue weighted by atomic mass is 10.2. The summed E-state index contributed by atoms with van der Waals surface area (Å²) in [4.78, 5) is 11.8. The minimum atomic E-state index is -4.09. The van der Waals surface area contributed by atoms with Crippen molar-refractivity contribution in [2.24, 2.45) is 5.73 Å². The molecular weight excluding hydrogens is 373 g/mol. The maximum absolute atomic E-state index is 12.9. The van der Waals surface area contributed by atoms with Gasteiger partial charge in [0.2, 0.25) is 15.2 Å². The third kappa shape index (κ3) is 5.77. The molecule has 1 unspecified atom stereocenters. The number of sulfone groups is 1. The monoisotopic (exact) mass is 395 g/mol. The van der Waals surface area contributed by atoms with E-state index in [4.69, 9.17) is 15.2 Å². The van der Waals surface area contributed by atoms with E-state index in [2.05, 4.69) is 0 Å². The highest BCUT2D eigenvalue weighted by Gasteiger charge is 2.34. The van der Waals surface area contributed by atoms with Crippen molar-refractivity contribution in [1.82, 2.24) is 0 Å². The molecule has 2 rings (SSSR count). The first-order chi connectivity index (χ1) is 12.5. The second-order valence-electron chi connectivity index (χ2n) is 6.89. The van der Waals surface area contributed by atoms with Crippen LogP contribution in [0.2, 0.25) is 0 Å². The molecule has 0 radical (unpaired) electrons. The minimum Gasteiger partial charge on any atom is -0.489 e. The van der Waals surface area contributed by atoms with Crippen LogP contribution in [-0.4, -0.2) is 25.4 Å². The molecule has 0 bridgehead atoms. The summed E-state index contributed by atoms with van der Waals surface area (Å²) < 4.78 is 48.4. The quantitative estimate of drug-likeness (QED) is 0.756. The summed E-state index contributed by atoms with van der Waals surface area (Å²) in [5, 5.41) is -1.82. The van der Waals surface area contributed by atoms with Crippen molar-refractivity contribution in [2.75, 3.05) is 0 Å². The van der Waals surface area contributed by atoms with E-state index in [9.17, 15) is 17.6 Å². The third-order valence-corrected chi connectivity index (χ3v) is 5.23. The second-order valence-corrected chi connectivity index (χ2v) is 8.95. The van der Waals surface area contributed by atoms with Crippen molar-refractivity contribution in [3.63, 3.8) is 0 Å². The first-order valence-corrected chi connectivity index (χ1v) is 9.73. The molecule has 2 aromatic rings. The van der Waals surface area contributed by atoms with Crippen molar-refractivity contribution in [3.8, 4) is 5.75 Å². The Hall–Kier alpha value is -2.45. The molecule has 0 aliphatic heterocycles. The molecule has 8 heteroatoms. The first kappa shape index (κ1) is 20.9. The lowest BCUT2D eigenvalue weighted by molar-refractivity contribution is -0.154. The zero-order chi connectivity index (χ0) is 20.2. The fraction of sp³-hybridized carbons (Fsp3) is 0.316. The van der Waals surface area contributed by atoms with Gasteiger partial charge in [0.15, 0.2) is 0 Å². The Morgan fingerprint density at radius 3 is 2.15 bits per heavy atom. The van der Waals surface area contributed by atoms with Gasteiger partial charge in [-0.05, 0) is 62.7 Å². The molecule has 2 N–H and O–H groups in total. The van der Waals surface area contributed by atoms with E-state index in [0.29, 0.717) is 5.75 Å². The summed E-state index contributed by atoms with van der Waals surface area (Å²) >= 11 is 0. The number of carbonyl (C=O) groups is 1. The van der Waals surface area contributed by atoms with Crippen molar-refractivity contribution in [2.45, 2.75) is 43.2 Å². The number of nitrogens with two attached hydrogens (primary N) is 1. The summed E-state index contributed by atoms with van der Waals surface area (Å²) in [5.41, 5.74) is 5.51. The Morgan fingerprint density at radius 1 is 1.07 bits per heavy atom. The molecule has 0 heterocycles. The van der Waals surface area contributed by atoms with Crippen LogP contribution >= 0.6 is 0 Å². The fourth-order valence-electron chi connectivity index (χ4n) is 2.11. The molecule has 1 atom stereocenters. The van der Waals surface area contributed by atoms with Gasteiger partial charge in [-0.15, -0.1) is 0 Å². The Labute approximate surface area is 158 Å². The lowest BCUT2D eigenvalue weighted by Gasteiger charge is -2.22. The summed E-state index contributed by atoms with van der Waals surface area (Å²) in [7, 11) is -4.09. The largest absolute Gasteiger partial charge is 0.489 e. The standard InChI is InChI=1S/C19H22FNO5S/c1-19(2,3)26-18(22)17(21)27(23,24)16-10-8-15(9-11-16)25-12-13-4-6-14(20)7-5-13/h4-11,17H,12,21H2,1-3H3. The lowest BCUT2D eigenvalue weighted by Crippen LogP contribution is -2.42. The molecule has 0 aromatic heterocycles. The summed E-state index contributed by atoms with van der Waals surface area (Å²) in [6.45, 7) is 5.07. The van der Waals surface area contributed by atoms with Crippen LogP contribution in [0.3, 0.4) is 0 Å². The SMILES string of the molecule is CC(C)(C)OC(=O)C(N)S(=O)(=O)c1ccc(OCc2ccc(F)cc2)cc1. The third-order valence-electron chi connectivity index (χ3n) is 3.44. The van der Waals surface area contributed by atoms with E-state index in [1.807, 2.05) is 0 Å². The normalized spacial score (nSPS) is 13.1. The number of rotatable bonds is 6. The first-order valence-electron chi connectivity index (χ1n) is 8.19. The number of hydrogen-bond acceptors (Lipinski definition) is 6. The molecule has 0 amide bonds. The molecule has 146 valence electrons. The average Bonchev–Trinajstić information content (AvgIpc) is 2.59. The highest BCUT2D eigenvalue weighted by atomic mass is 32.2. The maximum Gasteiger partial charge on any atom is 0.339 e. The molecule has 6 nitrogen and oxygen atoms in total. The van der Waals surface area contributed by atoms with Gasteiger partial charge in [0.05, 0.1) is 4.90 Å². The molecule has 0 spiro atoms. The van der Waals surface area contributed by atoms with E-state index in [1.54, 1.807) is 32.9 Å². The Morgan fingerprint density at radius 2 is 1.63 bits per heavy atom. The van der Waals surface area contributed by atoms with Gasteiger partial charge in [-0.1, -0.05) is 12.1 Å². The molecule has 0 aliphatic rings. The smallest absolute Gasteiger partial charge is 0.339 e. The number of ether oxygens (including phenoxy) is 2. The molecule has 0 fully saturated rings. The molecule has 2 aromatic carbocycles. The number of benzene rings is 2. The van der Waals surface area contributed by atoms with E-state index in [0.717, 1.165) is 5.56 Å². The number of hydrogen-bond donors (Lipinski definition) is 1. The average molecular weight is 395 g/mol. The minimum absolute atomic E-state index is 0.116. The fourth-order valence-corrected chi connectivity index (χ4v) is 3.22. The Bertz CT molecular complexity index is 887. The van der Waals surface area contributed by atoms with Gasteiger partial charge in [-0.3, -0.25) is 0 Å². The van der Waals surface area contributed by atoms with Crippen molar-refractivity contribution in [1.29, 1.82) is 0 Å². The van der Waals surface area contributed by atoms with Crippen LogP contribution in [0.25, 0.3) is 0 Å². The molecule has 27 heavy (non-hydrogen) atoms. The van der Waals surface area contributed by atoms with Crippen molar-refractivity contribution >= 4 is 15.8 Å². The van der Waals surface area contributed by atoms with Gasteiger partial charge in [0.1, 0.15) is 23.8 Å².